The van der Waals surface area contributed by atoms with E-state index in [4.69, 9.17) is 11.6 Å². The van der Waals surface area contributed by atoms with Gasteiger partial charge in [0.1, 0.15) is 4.92 Å². The average molecular weight is 170 g/mol. The van der Waals surface area contributed by atoms with Gasteiger partial charge in [0.25, 0.3) is 0 Å². The molecule has 1 aromatic rings. The second-order valence-electron chi connectivity index (χ2n) is 1.91. The van der Waals surface area contributed by atoms with Crippen LogP contribution in [-0.4, -0.2) is 10.8 Å². The Morgan fingerprint density at radius 3 is 2.75 bits per heavy atom. The molecule has 4 N–H and O–H groups in total. The third kappa shape index (κ3) is 1.34. The van der Waals surface area contributed by atoms with E-state index in [0.29, 0.717) is 0 Å². The Hall–Kier alpha value is -2.05. The average Bonchev–Trinajstić information content (AvgIpc) is 2.51. The largest absolute Gasteiger partial charge is 0.433 e. The number of rotatable bonds is 2. The van der Waals surface area contributed by atoms with Gasteiger partial charge in [-0.15, -0.1) is 0 Å². The summed E-state index contributed by atoms with van der Waals surface area (Å²) >= 11 is 0. The zero-order chi connectivity index (χ0) is 9.14. The second kappa shape index (κ2) is 2.91. The number of furan rings is 1. The lowest BCUT2D eigenvalue weighted by molar-refractivity contribution is -0.402. The molecule has 7 heteroatoms. The summed E-state index contributed by atoms with van der Waals surface area (Å²) < 4.78 is 4.66. The summed E-state index contributed by atoms with van der Waals surface area (Å²) in [5, 5.41) is 13.2. The van der Waals surface area contributed by atoms with Gasteiger partial charge in [0.15, 0.2) is 11.6 Å². The van der Waals surface area contributed by atoms with Crippen molar-refractivity contribution in [3.63, 3.8) is 0 Å². The summed E-state index contributed by atoms with van der Waals surface area (Å²) in [6.07, 6.45) is 0. The van der Waals surface area contributed by atoms with Gasteiger partial charge >= 0.3 is 5.88 Å². The van der Waals surface area contributed by atoms with Crippen molar-refractivity contribution in [3.05, 3.63) is 28.0 Å². The fourth-order valence-corrected chi connectivity index (χ4v) is 0.627. The first kappa shape index (κ1) is 8.05. The van der Waals surface area contributed by atoms with Crippen molar-refractivity contribution in [1.29, 1.82) is 0 Å². The van der Waals surface area contributed by atoms with Crippen LogP contribution in [0.25, 0.3) is 0 Å². The number of nitrogens with zero attached hydrogens (tertiary/aromatic N) is 2. The molecule has 0 unspecified atom stereocenters. The number of hydrazone groups is 1. The zero-order valence-electron chi connectivity index (χ0n) is 5.93. The van der Waals surface area contributed by atoms with Gasteiger partial charge in [0.2, 0.25) is 0 Å². The summed E-state index contributed by atoms with van der Waals surface area (Å²) in [5.41, 5.74) is 5.22. The van der Waals surface area contributed by atoms with E-state index >= 15 is 0 Å². The van der Waals surface area contributed by atoms with Crippen molar-refractivity contribution in [2.45, 2.75) is 0 Å². The Morgan fingerprint density at radius 1 is 1.67 bits per heavy atom. The van der Waals surface area contributed by atoms with Crippen LogP contribution in [0.4, 0.5) is 5.88 Å². The predicted molar refractivity (Wildman–Crippen MR) is 40.3 cm³/mol. The third-order valence-electron chi connectivity index (χ3n) is 1.16. The van der Waals surface area contributed by atoms with E-state index in [2.05, 4.69) is 9.52 Å². The zero-order valence-corrected chi connectivity index (χ0v) is 5.93. The monoisotopic (exact) mass is 170 g/mol. The van der Waals surface area contributed by atoms with Crippen LogP contribution < -0.4 is 11.6 Å². The fourth-order valence-electron chi connectivity index (χ4n) is 0.627. The Bertz CT molecular complexity index is 329. The number of nitrogens with two attached hydrogens (primary N) is 2. The quantitative estimate of drug-likeness (QED) is 0.209. The Balaban J connectivity index is 2.99. The first-order valence-corrected chi connectivity index (χ1v) is 2.93. The maximum absolute atomic E-state index is 10.1. The Kier molecular flexibility index (Phi) is 1.95. The molecule has 64 valence electrons. The summed E-state index contributed by atoms with van der Waals surface area (Å²) in [7, 11) is 0. The van der Waals surface area contributed by atoms with Crippen LogP contribution in [0.5, 0.6) is 0 Å². The molecule has 0 aliphatic carbocycles. The molecule has 1 heterocycles. The Labute approximate surface area is 66.8 Å². The maximum atomic E-state index is 10.1. The summed E-state index contributed by atoms with van der Waals surface area (Å²) in [6.45, 7) is 0. The molecule has 0 amide bonds. The van der Waals surface area contributed by atoms with Crippen LogP contribution >= 0.6 is 0 Å². The van der Waals surface area contributed by atoms with E-state index < -0.39 is 10.8 Å². The highest BCUT2D eigenvalue weighted by Gasteiger charge is 2.13. The minimum absolute atomic E-state index is 0.0805. The highest BCUT2D eigenvalue weighted by atomic mass is 16.6. The molecule has 0 saturated heterocycles. The summed E-state index contributed by atoms with van der Waals surface area (Å²) in [6, 6.07) is 2.50. The van der Waals surface area contributed by atoms with Crippen LogP contribution in [0, 0.1) is 10.1 Å². The first-order chi connectivity index (χ1) is 5.65. The van der Waals surface area contributed by atoms with E-state index in [1.165, 1.54) is 12.1 Å². The molecule has 0 aliphatic heterocycles. The Morgan fingerprint density at radius 2 is 2.33 bits per heavy atom. The van der Waals surface area contributed by atoms with Gasteiger partial charge in [-0.3, -0.25) is 10.1 Å². The molecule has 12 heavy (non-hydrogen) atoms. The van der Waals surface area contributed by atoms with Gasteiger partial charge in [-0.2, -0.15) is 5.10 Å². The van der Waals surface area contributed by atoms with Gasteiger partial charge in [-0.25, -0.2) is 0 Å². The second-order valence-corrected chi connectivity index (χ2v) is 1.91. The van der Waals surface area contributed by atoms with Crippen molar-refractivity contribution >= 4 is 11.7 Å². The SMILES string of the molecule is N/N=C(/N)c1ccc([N+](=O)[O-])o1. The molecule has 0 spiro atoms. The van der Waals surface area contributed by atoms with Crippen LogP contribution in [-0.2, 0) is 0 Å². The highest BCUT2D eigenvalue weighted by molar-refractivity contribution is 5.94. The van der Waals surface area contributed by atoms with E-state index in [-0.39, 0.29) is 11.6 Å². The topological polar surface area (TPSA) is 121 Å². The smallest absolute Gasteiger partial charge is 0.397 e. The van der Waals surface area contributed by atoms with Crippen molar-refractivity contribution in [2.75, 3.05) is 0 Å². The number of nitro groups is 1. The van der Waals surface area contributed by atoms with Crippen LogP contribution in [0.2, 0.25) is 0 Å². The first-order valence-electron chi connectivity index (χ1n) is 2.93. The fraction of sp³-hybridized carbons (Fsp3) is 0. The normalized spacial score (nSPS) is 11.5. The molecule has 0 radical (unpaired) electrons. The van der Waals surface area contributed by atoms with Gasteiger partial charge in [-0.05, 0) is 6.07 Å². The number of amidine groups is 1. The number of hydrogen-bond donors (Lipinski definition) is 2. The molecule has 1 rings (SSSR count). The molecule has 0 atom stereocenters. The molecular weight excluding hydrogens is 164 g/mol. The molecule has 7 nitrogen and oxygen atoms in total. The van der Waals surface area contributed by atoms with E-state index in [1.807, 2.05) is 0 Å². The van der Waals surface area contributed by atoms with Crippen LogP contribution in [0.15, 0.2) is 21.7 Å². The van der Waals surface area contributed by atoms with E-state index in [0.717, 1.165) is 0 Å². The van der Waals surface area contributed by atoms with Crippen LogP contribution in [0.1, 0.15) is 5.76 Å². The molecule has 0 aliphatic rings. The molecule has 1 aromatic heterocycles. The highest BCUT2D eigenvalue weighted by Crippen LogP contribution is 2.14. The molecular formula is C5H6N4O3. The molecule has 0 aromatic carbocycles. The lowest BCUT2D eigenvalue weighted by Gasteiger charge is -1.89. The third-order valence-corrected chi connectivity index (χ3v) is 1.16. The molecule has 0 bridgehead atoms. The number of hydrogen-bond acceptors (Lipinski definition) is 5. The molecule has 0 fully saturated rings. The lowest BCUT2D eigenvalue weighted by Crippen LogP contribution is -2.14. The van der Waals surface area contributed by atoms with Gasteiger partial charge in [0, 0.05) is 0 Å². The summed E-state index contributed by atoms with van der Waals surface area (Å²) in [5.74, 6) is 4.44. The predicted octanol–water partition coefficient (Wildman–Crippen LogP) is -0.233. The van der Waals surface area contributed by atoms with E-state index in [9.17, 15) is 10.1 Å². The lowest BCUT2D eigenvalue weighted by atomic mass is 10.4. The van der Waals surface area contributed by atoms with Crippen molar-refractivity contribution < 1.29 is 9.34 Å². The molecule has 0 saturated carbocycles. The van der Waals surface area contributed by atoms with Gasteiger partial charge in [0.05, 0.1) is 6.07 Å². The van der Waals surface area contributed by atoms with Crippen LogP contribution in [0.3, 0.4) is 0 Å². The minimum Gasteiger partial charge on any atom is -0.397 e. The van der Waals surface area contributed by atoms with Crippen molar-refractivity contribution in [1.82, 2.24) is 0 Å². The standard InChI is InChI=1S/C5H6N4O3/c6-5(8-7)3-1-2-4(12-3)9(10)11/h1-2H,7H2,(H2,6,8). The maximum Gasteiger partial charge on any atom is 0.433 e. The van der Waals surface area contributed by atoms with E-state index in [1.54, 1.807) is 0 Å². The van der Waals surface area contributed by atoms with Crippen molar-refractivity contribution in [2.24, 2.45) is 16.7 Å². The van der Waals surface area contributed by atoms with Gasteiger partial charge < -0.3 is 16.0 Å². The van der Waals surface area contributed by atoms with Gasteiger partial charge in [-0.1, -0.05) is 0 Å². The van der Waals surface area contributed by atoms with Crippen molar-refractivity contribution in [3.8, 4) is 0 Å². The summed E-state index contributed by atoms with van der Waals surface area (Å²) in [4.78, 5) is 9.45. The minimum atomic E-state index is -0.673.